The Balaban J connectivity index is 1.31. The summed E-state index contributed by atoms with van der Waals surface area (Å²) in [6, 6.07) is 19.9. The van der Waals surface area contributed by atoms with Crippen molar-refractivity contribution in [2.45, 2.75) is 31.6 Å². The third-order valence-electron chi connectivity index (χ3n) is 5.87. The fourth-order valence-electron chi connectivity index (χ4n) is 4.15. The van der Waals surface area contributed by atoms with Crippen molar-refractivity contribution in [1.29, 1.82) is 0 Å². The van der Waals surface area contributed by atoms with Crippen molar-refractivity contribution in [2.24, 2.45) is 7.05 Å². The van der Waals surface area contributed by atoms with E-state index in [9.17, 15) is 9.59 Å². The average molecular weight is 420 g/mol. The minimum atomic E-state index is -0.139. The Labute approximate surface area is 182 Å². The molecule has 1 saturated heterocycles. The van der Waals surface area contributed by atoms with Crippen LogP contribution in [0.3, 0.4) is 0 Å². The van der Waals surface area contributed by atoms with Gasteiger partial charge in [-0.2, -0.15) is 5.10 Å². The second-order valence-corrected chi connectivity index (χ2v) is 8.02. The maximum Gasteiger partial charge on any atom is 0.350 e. The summed E-state index contributed by atoms with van der Waals surface area (Å²) in [7, 11) is 1.68. The van der Waals surface area contributed by atoms with Gasteiger partial charge in [-0.05, 0) is 43.4 Å². The molecule has 1 N–H and O–H groups in total. The first-order valence-electron chi connectivity index (χ1n) is 10.9. The molecule has 0 bridgehead atoms. The molecule has 7 nitrogen and oxygen atoms in total. The summed E-state index contributed by atoms with van der Waals surface area (Å²) in [6.07, 6.45) is 3.46. The number of carbonyl (C=O) groups excluding carboxylic acids is 1. The molecule has 0 spiro atoms. The van der Waals surface area contributed by atoms with Crippen molar-refractivity contribution in [1.82, 2.24) is 24.6 Å². The van der Waals surface area contributed by atoms with Crippen molar-refractivity contribution in [3.05, 3.63) is 82.5 Å². The van der Waals surface area contributed by atoms with Crippen LogP contribution in [0.4, 0.5) is 4.79 Å². The summed E-state index contributed by atoms with van der Waals surface area (Å²) in [4.78, 5) is 27.1. The van der Waals surface area contributed by atoms with E-state index in [-0.39, 0.29) is 17.6 Å². The minimum Gasteiger partial charge on any atom is -0.338 e. The molecule has 162 valence electrons. The van der Waals surface area contributed by atoms with E-state index in [0.29, 0.717) is 19.6 Å². The molecule has 1 fully saturated rings. The number of rotatable bonds is 6. The Morgan fingerprint density at radius 2 is 1.68 bits per heavy atom. The summed E-state index contributed by atoms with van der Waals surface area (Å²) in [6.45, 7) is 1.99. The van der Waals surface area contributed by atoms with Crippen LogP contribution in [0.15, 0.2) is 65.5 Å². The number of urea groups is 1. The highest BCUT2D eigenvalue weighted by atomic mass is 16.2. The zero-order valence-corrected chi connectivity index (χ0v) is 17.9. The number of para-hydroxylation sites is 1. The summed E-state index contributed by atoms with van der Waals surface area (Å²) in [5.41, 5.74) is 1.98. The number of hydrogen-bond donors (Lipinski definition) is 1. The van der Waals surface area contributed by atoms with Gasteiger partial charge in [-0.15, -0.1) is 0 Å². The maximum atomic E-state index is 12.6. The van der Waals surface area contributed by atoms with Crippen LogP contribution in [0.25, 0.3) is 5.69 Å². The first kappa shape index (κ1) is 20.9. The molecular weight excluding hydrogens is 390 g/mol. The number of nitrogens with zero attached hydrogens (tertiary/aromatic N) is 4. The largest absolute Gasteiger partial charge is 0.350 e. The number of amides is 2. The average Bonchev–Trinajstić information content (AvgIpc) is 3.12. The van der Waals surface area contributed by atoms with E-state index in [0.717, 1.165) is 37.2 Å². The van der Waals surface area contributed by atoms with Gasteiger partial charge in [-0.3, -0.25) is 0 Å². The van der Waals surface area contributed by atoms with Crippen LogP contribution in [-0.4, -0.2) is 44.9 Å². The van der Waals surface area contributed by atoms with E-state index in [2.05, 4.69) is 22.5 Å². The molecule has 2 heterocycles. The number of carbonyl (C=O) groups is 1. The second-order valence-electron chi connectivity index (χ2n) is 8.02. The number of piperidine rings is 1. The molecule has 31 heavy (non-hydrogen) atoms. The van der Waals surface area contributed by atoms with E-state index in [1.54, 1.807) is 11.6 Å². The van der Waals surface area contributed by atoms with Crippen LogP contribution >= 0.6 is 0 Å². The highest BCUT2D eigenvalue weighted by Gasteiger charge is 2.28. The molecule has 0 saturated carbocycles. The van der Waals surface area contributed by atoms with Crippen LogP contribution in [0.2, 0.25) is 0 Å². The van der Waals surface area contributed by atoms with Crippen LogP contribution in [0, 0.1) is 0 Å². The lowest BCUT2D eigenvalue weighted by Gasteiger charge is -2.31. The van der Waals surface area contributed by atoms with Gasteiger partial charge in [0, 0.05) is 32.6 Å². The standard InChI is InChI=1S/C24H29N5O2/c1-27-24(31)29(21-12-6-3-7-13-21)22(26-27)20-14-17-28(18-15-20)23(30)25-16-8-11-19-9-4-2-5-10-19/h2-7,9-10,12-13,20H,8,11,14-18H2,1H3,(H,25,30). The van der Waals surface area contributed by atoms with Crippen LogP contribution in [-0.2, 0) is 13.5 Å². The molecule has 1 aromatic heterocycles. The molecule has 1 aliphatic rings. The molecule has 0 radical (unpaired) electrons. The quantitative estimate of drug-likeness (QED) is 0.624. The van der Waals surface area contributed by atoms with E-state index < -0.39 is 0 Å². The Bertz CT molecular complexity index is 1050. The second kappa shape index (κ2) is 9.64. The predicted octanol–water partition coefficient (Wildman–Crippen LogP) is 3.09. The monoisotopic (exact) mass is 419 g/mol. The lowest BCUT2D eigenvalue weighted by atomic mass is 9.96. The van der Waals surface area contributed by atoms with Gasteiger partial charge in [-0.25, -0.2) is 18.8 Å². The van der Waals surface area contributed by atoms with E-state index in [4.69, 9.17) is 0 Å². The minimum absolute atomic E-state index is 0.00650. The number of aryl methyl sites for hydroxylation is 2. The lowest BCUT2D eigenvalue weighted by molar-refractivity contribution is 0.180. The SMILES string of the molecule is Cn1nc(C2CCN(C(=O)NCCCc3ccccc3)CC2)n(-c2ccccc2)c1=O. The Morgan fingerprint density at radius 1 is 1.03 bits per heavy atom. The summed E-state index contributed by atoms with van der Waals surface area (Å²) < 4.78 is 3.10. The summed E-state index contributed by atoms with van der Waals surface area (Å²) >= 11 is 0. The van der Waals surface area contributed by atoms with E-state index in [1.807, 2.05) is 53.4 Å². The molecule has 1 aliphatic heterocycles. The summed E-state index contributed by atoms with van der Waals surface area (Å²) in [5.74, 6) is 0.929. The number of likely N-dealkylation sites (tertiary alicyclic amines) is 1. The Hall–Kier alpha value is -3.35. The smallest absolute Gasteiger partial charge is 0.338 e. The van der Waals surface area contributed by atoms with E-state index in [1.165, 1.54) is 10.2 Å². The normalized spacial score (nSPS) is 14.5. The molecule has 2 aromatic carbocycles. The molecule has 2 amide bonds. The fraction of sp³-hybridized carbons (Fsp3) is 0.375. The molecule has 7 heteroatoms. The zero-order valence-electron chi connectivity index (χ0n) is 17.9. The van der Waals surface area contributed by atoms with Gasteiger partial charge >= 0.3 is 11.7 Å². The van der Waals surface area contributed by atoms with Crippen molar-refractivity contribution < 1.29 is 4.79 Å². The van der Waals surface area contributed by atoms with Gasteiger partial charge in [0.15, 0.2) is 0 Å². The lowest BCUT2D eigenvalue weighted by Crippen LogP contribution is -2.44. The van der Waals surface area contributed by atoms with Gasteiger partial charge in [0.1, 0.15) is 5.82 Å². The summed E-state index contributed by atoms with van der Waals surface area (Å²) in [5, 5.41) is 7.56. The molecule has 0 unspecified atom stereocenters. The topological polar surface area (TPSA) is 72.2 Å². The van der Waals surface area contributed by atoms with Crippen LogP contribution in [0.5, 0.6) is 0 Å². The molecular formula is C24H29N5O2. The van der Waals surface area contributed by atoms with Crippen molar-refractivity contribution in [3.63, 3.8) is 0 Å². The number of nitrogens with one attached hydrogen (secondary N) is 1. The van der Waals surface area contributed by atoms with Gasteiger partial charge in [0.25, 0.3) is 0 Å². The predicted molar refractivity (Wildman–Crippen MR) is 121 cm³/mol. The zero-order chi connectivity index (χ0) is 21.6. The van der Waals surface area contributed by atoms with Crippen molar-refractivity contribution >= 4 is 6.03 Å². The highest BCUT2D eigenvalue weighted by molar-refractivity contribution is 5.74. The third kappa shape index (κ3) is 4.87. The third-order valence-corrected chi connectivity index (χ3v) is 5.87. The highest BCUT2D eigenvalue weighted by Crippen LogP contribution is 2.27. The maximum absolute atomic E-state index is 12.6. The van der Waals surface area contributed by atoms with Gasteiger partial charge in [0.2, 0.25) is 0 Å². The molecule has 4 rings (SSSR count). The van der Waals surface area contributed by atoms with Crippen LogP contribution < -0.4 is 11.0 Å². The first-order chi connectivity index (χ1) is 15.1. The van der Waals surface area contributed by atoms with Crippen molar-refractivity contribution in [3.8, 4) is 5.69 Å². The number of hydrogen-bond acceptors (Lipinski definition) is 3. The molecule has 0 atom stereocenters. The molecule has 0 aliphatic carbocycles. The number of aromatic nitrogens is 3. The number of benzene rings is 2. The van der Waals surface area contributed by atoms with Crippen molar-refractivity contribution in [2.75, 3.05) is 19.6 Å². The van der Waals surface area contributed by atoms with E-state index >= 15 is 0 Å². The van der Waals surface area contributed by atoms with Gasteiger partial charge in [0.05, 0.1) is 5.69 Å². The Kier molecular flexibility index (Phi) is 6.50. The van der Waals surface area contributed by atoms with Crippen LogP contribution in [0.1, 0.15) is 36.6 Å². The Morgan fingerprint density at radius 3 is 2.35 bits per heavy atom. The molecule has 3 aromatic rings. The van der Waals surface area contributed by atoms with Gasteiger partial charge in [-0.1, -0.05) is 48.5 Å². The first-order valence-corrected chi connectivity index (χ1v) is 10.9. The van der Waals surface area contributed by atoms with Gasteiger partial charge < -0.3 is 10.2 Å². The fourth-order valence-corrected chi connectivity index (χ4v) is 4.15.